The molecule has 0 aliphatic rings. The predicted octanol–water partition coefficient (Wildman–Crippen LogP) is 6.25. The van der Waals surface area contributed by atoms with Crippen molar-refractivity contribution in [3.05, 3.63) is 99.5 Å². The zero-order valence-electron chi connectivity index (χ0n) is 17.9. The third kappa shape index (κ3) is 6.03. The smallest absolute Gasteiger partial charge is 0.255 e. The second kappa shape index (κ2) is 10.8. The summed E-state index contributed by atoms with van der Waals surface area (Å²) in [5.41, 5.74) is 5.57. The van der Waals surface area contributed by atoms with Crippen LogP contribution in [-0.2, 0) is 13.2 Å². The van der Waals surface area contributed by atoms with Crippen LogP contribution < -0.4 is 20.1 Å². The Kier molecular flexibility index (Phi) is 7.44. The normalized spacial score (nSPS) is 10.5. The Balaban J connectivity index is 1.39. The highest BCUT2D eigenvalue weighted by Gasteiger charge is 2.13. The molecule has 0 radical (unpaired) electrons. The first-order valence-electron chi connectivity index (χ1n) is 10.2. The van der Waals surface area contributed by atoms with Crippen LogP contribution in [0.25, 0.3) is 0 Å². The zero-order valence-corrected chi connectivity index (χ0v) is 19.5. The third-order valence-electron chi connectivity index (χ3n) is 4.84. The highest BCUT2D eigenvalue weighted by Crippen LogP contribution is 2.30. The van der Waals surface area contributed by atoms with E-state index >= 15 is 0 Å². The van der Waals surface area contributed by atoms with E-state index in [9.17, 15) is 4.79 Å². The number of methoxy groups -OCH3 is 1. The van der Waals surface area contributed by atoms with Crippen molar-refractivity contribution in [2.45, 2.75) is 13.2 Å². The minimum absolute atomic E-state index is 0.277. The molecule has 33 heavy (non-hydrogen) atoms. The van der Waals surface area contributed by atoms with E-state index in [0.717, 1.165) is 16.9 Å². The number of carbonyl (C=O) groups excluding carboxylic acids is 1. The maximum absolute atomic E-state index is 12.8. The first-order chi connectivity index (χ1) is 16.1. The molecule has 0 unspecified atom stereocenters. The van der Waals surface area contributed by atoms with Gasteiger partial charge in [-0.2, -0.15) is 0 Å². The summed E-state index contributed by atoms with van der Waals surface area (Å²) in [6.07, 6.45) is 0. The van der Waals surface area contributed by atoms with Crippen LogP contribution in [0.1, 0.15) is 21.6 Å². The lowest BCUT2D eigenvalue weighted by Crippen LogP contribution is -2.12. The molecule has 168 valence electrons. The number of hydrogen-bond acceptors (Lipinski definition) is 6. The van der Waals surface area contributed by atoms with Crippen molar-refractivity contribution in [3.8, 4) is 11.5 Å². The van der Waals surface area contributed by atoms with Gasteiger partial charge in [0.1, 0.15) is 6.61 Å². The fraction of sp³-hybridized carbons (Fsp3) is 0.120. The molecule has 6 nitrogen and oxygen atoms in total. The van der Waals surface area contributed by atoms with E-state index in [1.54, 1.807) is 35.8 Å². The number of halogens is 1. The average molecular weight is 480 g/mol. The Bertz CT molecular complexity index is 1220. The molecule has 1 heterocycles. The van der Waals surface area contributed by atoms with Crippen molar-refractivity contribution in [3.63, 3.8) is 0 Å². The van der Waals surface area contributed by atoms with E-state index < -0.39 is 0 Å². The van der Waals surface area contributed by atoms with Crippen LogP contribution in [0.5, 0.6) is 11.5 Å². The summed E-state index contributed by atoms with van der Waals surface area (Å²) < 4.78 is 11.2. The molecule has 0 atom stereocenters. The molecule has 0 fully saturated rings. The van der Waals surface area contributed by atoms with E-state index in [4.69, 9.17) is 21.1 Å². The van der Waals surface area contributed by atoms with Gasteiger partial charge in [0.15, 0.2) is 11.5 Å². The zero-order chi connectivity index (χ0) is 23.0. The number of thiazole rings is 1. The molecule has 0 aliphatic heterocycles. The molecule has 0 aliphatic carbocycles. The number of nitrogens with zero attached hydrogens (tertiary/aromatic N) is 1. The first kappa shape index (κ1) is 22.6. The second-order valence-electron chi connectivity index (χ2n) is 7.12. The van der Waals surface area contributed by atoms with Gasteiger partial charge in [0, 0.05) is 23.2 Å². The van der Waals surface area contributed by atoms with Crippen LogP contribution in [0.4, 0.5) is 11.4 Å². The minimum Gasteiger partial charge on any atom is -0.493 e. The van der Waals surface area contributed by atoms with Gasteiger partial charge >= 0.3 is 0 Å². The Morgan fingerprint density at radius 3 is 2.64 bits per heavy atom. The highest BCUT2D eigenvalue weighted by molar-refractivity contribution is 7.07. The SMILES string of the molecule is COc1cc(C(=O)Nc2ccc(NCc3ccccc3)c(Cl)c2)ccc1OCc1cscn1. The summed E-state index contributed by atoms with van der Waals surface area (Å²) in [4.78, 5) is 17.0. The van der Waals surface area contributed by atoms with Crippen LogP contribution in [-0.4, -0.2) is 18.0 Å². The Morgan fingerprint density at radius 1 is 1.06 bits per heavy atom. The second-order valence-corrected chi connectivity index (χ2v) is 8.25. The van der Waals surface area contributed by atoms with Gasteiger partial charge in [-0.15, -0.1) is 11.3 Å². The van der Waals surface area contributed by atoms with Gasteiger partial charge in [-0.05, 0) is 42.0 Å². The molecule has 0 saturated heterocycles. The van der Waals surface area contributed by atoms with E-state index in [2.05, 4.69) is 15.6 Å². The Labute approximate surface area is 201 Å². The molecular weight excluding hydrogens is 458 g/mol. The largest absolute Gasteiger partial charge is 0.493 e. The lowest BCUT2D eigenvalue weighted by molar-refractivity contribution is 0.102. The minimum atomic E-state index is -0.277. The number of amides is 1. The van der Waals surface area contributed by atoms with Gasteiger partial charge in [-0.25, -0.2) is 4.98 Å². The van der Waals surface area contributed by atoms with Crippen molar-refractivity contribution < 1.29 is 14.3 Å². The quantitative estimate of drug-likeness (QED) is 0.297. The molecule has 4 rings (SSSR count). The maximum atomic E-state index is 12.8. The fourth-order valence-electron chi connectivity index (χ4n) is 3.12. The number of ether oxygens (including phenoxy) is 2. The molecule has 0 spiro atoms. The summed E-state index contributed by atoms with van der Waals surface area (Å²) in [5, 5.41) is 8.61. The van der Waals surface area contributed by atoms with Crippen molar-refractivity contribution >= 4 is 40.2 Å². The number of anilines is 2. The lowest BCUT2D eigenvalue weighted by atomic mass is 10.1. The van der Waals surface area contributed by atoms with Gasteiger partial charge < -0.3 is 20.1 Å². The van der Waals surface area contributed by atoms with E-state index in [-0.39, 0.29) is 5.91 Å². The highest BCUT2D eigenvalue weighted by atomic mass is 35.5. The van der Waals surface area contributed by atoms with Crippen LogP contribution in [0.3, 0.4) is 0 Å². The molecule has 8 heteroatoms. The van der Waals surface area contributed by atoms with Gasteiger partial charge in [0.25, 0.3) is 5.91 Å². The van der Waals surface area contributed by atoms with Crippen molar-refractivity contribution in [2.75, 3.05) is 17.7 Å². The molecule has 4 aromatic rings. The third-order valence-corrected chi connectivity index (χ3v) is 5.79. The van der Waals surface area contributed by atoms with E-state index in [1.807, 2.05) is 41.8 Å². The number of carbonyl (C=O) groups is 1. The van der Waals surface area contributed by atoms with Crippen molar-refractivity contribution in [1.82, 2.24) is 4.98 Å². The summed E-state index contributed by atoms with van der Waals surface area (Å²) in [5.74, 6) is 0.732. The van der Waals surface area contributed by atoms with Crippen LogP contribution in [0.2, 0.25) is 5.02 Å². The first-order valence-corrected chi connectivity index (χ1v) is 11.5. The van der Waals surface area contributed by atoms with Gasteiger partial charge in [-0.3, -0.25) is 4.79 Å². The average Bonchev–Trinajstić information content (AvgIpc) is 3.36. The fourth-order valence-corrected chi connectivity index (χ4v) is 3.91. The number of hydrogen-bond donors (Lipinski definition) is 2. The number of aromatic nitrogens is 1. The summed E-state index contributed by atoms with van der Waals surface area (Å²) in [6.45, 7) is 0.984. The van der Waals surface area contributed by atoms with Crippen LogP contribution in [0, 0.1) is 0 Å². The summed E-state index contributed by atoms with van der Waals surface area (Å²) in [7, 11) is 1.54. The maximum Gasteiger partial charge on any atom is 0.255 e. The summed E-state index contributed by atoms with van der Waals surface area (Å²) in [6, 6.07) is 20.5. The molecule has 0 saturated carbocycles. The number of rotatable bonds is 9. The topological polar surface area (TPSA) is 72.5 Å². The van der Waals surface area contributed by atoms with Crippen molar-refractivity contribution in [1.29, 1.82) is 0 Å². The Morgan fingerprint density at radius 2 is 1.91 bits per heavy atom. The van der Waals surface area contributed by atoms with Crippen LogP contribution in [0.15, 0.2) is 77.6 Å². The number of nitrogens with one attached hydrogen (secondary N) is 2. The predicted molar refractivity (Wildman–Crippen MR) is 133 cm³/mol. The van der Waals surface area contributed by atoms with Crippen molar-refractivity contribution in [2.24, 2.45) is 0 Å². The molecular formula is C25H22ClN3O3S. The number of benzene rings is 3. The van der Waals surface area contributed by atoms with Gasteiger partial charge in [-0.1, -0.05) is 41.9 Å². The van der Waals surface area contributed by atoms with Gasteiger partial charge in [0.05, 0.1) is 29.0 Å². The van der Waals surface area contributed by atoms with Gasteiger partial charge in [0.2, 0.25) is 0 Å². The van der Waals surface area contributed by atoms with E-state index in [0.29, 0.717) is 40.9 Å². The van der Waals surface area contributed by atoms with Crippen LogP contribution >= 0.6 is 22.9 Å². The monoisotopic (exact) mass is 479 g/mol. The molecule has 1 amide bonds. The molecule has 3 aromatic carbocycles. The Hall–Kier alpha value is -3.55. The summed E-state index contributed by atoms with van der Waals surface area (Å²) >= 11 is 7.92. The molecule has 1 aromatic heterocycles. The molecule has 2 N–H and O–H groups in total. The molecule has 0 bridgehead atoms. The van der Waals surface area contributed by atoms with E-state index in [1.165, 1.54) is 18.4 Å². The lowest BCUT2D eigenvalue weighted by Gasteiger charge is -2.13. The standard InChI is InChI=1S/C25H22ClN3O3S/c1-31-24-11-18(7-10-23(24)32-14-20-15-33-16-28-20)25(30)29-19-8-9-22(21(26)12-19)27-13-17-5-3-2-4-6-17/h2-12,15-16,27H,13-14H2,1H3,(H,29,30).